The molecule has 7 amide bonds. The maximum absolute atomic E-state index is 14.4. The van der Waals surface area contributed by atoms with E-state index in [1.165, 1.54) is 30.9 Å². The first kappa shape index (κ1) is 53.0. The van der Waals surface area contributed by atoms with Crippen LogP contribution in [0.25, 0.3) is 10.8 Å². The highest BCUT2D eigenvalue weighted by atomic mass is 16.5. The van der Waals surface area contributed by atoms with E-state index in [2.05, 4.69) is 33.5 Å². The minimum atomic E-state index is -1.62. The number of nitrogens with one attached hydrogen (secondary N) is 5. The highest BCUT2D eigenvalue weighted by molar-refractivity contribution is 6.02. The molecule has 0 aliphatic carbocycles. The van der Waals surface area contributed by atoms with E-state index in [0.29, 0.717) is 17.9 Å². The molecular weight excluding hydrogens is 903 g/mol. The Bertz CT molecular complexity index is 2350. The van der Waals surface area contributed by atoms with Gasteiger partial charge in [0, 0.05) is 37.3 Å². The number of rotatable bonds is 13. The number of hydrogen-bond acceptors (Lipinski definition) is 13. The maximum atomic E-state index is 14.4. The summed E-state index contributed by atoms with van der Waals surface area (Å²) >= 11 is 0. The van der Waals surface area contributed by atoms with Crippen molar-refractivity contribution >= 4 is 52.1 Å². The number of unbranched alkanes of at least 4 members (excludes halogenated alkanes) is 3. The van der Waals surface area contributed by atoms with Crippen LogP contribution < -0.4 is 42.8 Å². The van der Waals surface area contributed by atoms with Gasteiger partial charge in [0.25, 0.3) is 5.91 Å². The number of hydrogen-bond donors (Lipinski definition) is 10. The van der Waals surface area contributed by atoms with Crippen LogP contribution in [0.5, 0.6) is 11.5 Å². The lowest BCUT2D eigenvalue weighted by Gasteiger charge is -2.32. The fraction of sp³-hybridized carbons (Fsp3) is 0.540. The van der Waals surface area contributed by atoms with Crippen LogP contribution in [0.15, 0.2) is 60.7 Å². The summed E-state index contributed by atoms with van der Waals surface area (Å²) in [7, 11) is 0. The molecule has 0 saturated carbocycles. The van der Waals surface area contributed by atoms with Crippen molar-refractivity contribution in [2.45, 2.75) is 146 Å². The fourth-order valence-electron chi connectivity index (χ4n) is 9.19. The van der Waals surface area contributed by atoms with Gasteiger partial charge in [-0.3, -0.25) is 33.6 Å². The lowest BCUT2D eigenvalue weighted by molar-refractivity contribution is -0.145. The molecular formula is C50H69N9O11. The van der Waals surface area contributed by atoms with Crippen molar-refractivity contribution in [1.29, 1.82) is 0 Å². The number of aromatic hydroxyl groups is 1. The number of fused-ring (bicyclic) bond motifs is 3. The summed E-state index contributed by atoms with van der Waals surface area (Å²) in [5.74, 6) is -4.57. The van der Waals surface area contributed by atoms with Crippen molar-refractivity contribution in [1.82, 2.24) is 36.4 Å². The van der Waals surface area contributed by atoms with Crippen LogP contribution in [0.3, 0.4) is 0 Å². The quantitative estimate of drug-likeness (QED) is 0.103. The Kier molecular flexibility index (Phi) is 18.5. The number of carbonyl (C=O) groups is 7. The van der Waals surface area contributed by atoms with E-state index in [0.717, 1.165) is 41.4 Å². The summed E-state index contributed by atoms with van der Waals surface area (Å²) in [4.78, 5) is 101. The number of aliphatic hydroxyl groups is 2. The zero-order valence-electron chi connectivity index (χ0n) is 40.1. The van der Waals surface area contributed by atoms with Gasteiger partial charge in [-0.25, -0.2) is 0 Å². The Hall–Kier alpha value is -6.35. The van der Waals surface area contributed by atoms with Gasteiger partial charge >= 0.3 is 0 Å². The number of benzene rings is 3. The van der Waals surface area contributed by atoms with E-state index in [9.17, 15) is 48.9 Å². The number of phenolic OH excluding ortho intramolecular Hbond substituents is 1. The summed E-state index contributed by atoms with van der Waals surface area (Å²) in [5, 5.41) is 46.8. The molecule has 0 radical (unpaired) electrons. The van der Waals surface area contributed by atoms with Crippen LogP contribution in [0.1, 0.15) is 94.5 Å². The Morgan fingerprint density at radius 1 is 0.757 bits per heavy atom. The lowest BCUT2D eigenvalue weighted by atomic mass is 10.0. The number of nitrogens with zero attached hydrogens (tertiary/aromatic N) is 2. The van der Waals surface area contributed by atoms with Gasteiger partial charge in [-0.1, -0.05) is 50.5 Å². The zero-order valence-corrected chi connectivity index (χ0v) is 40.1. The van der Waals surface area contributed by atoms with Gasteiger partial charge in [0.2, 0.25) is 35.4 Å². The predicted octanol–water partition coefficient (Wildman–Crippen LogP) is 0.218. The van der Waals surface area contributed by atoms with Crippen LogP contribution in [0.2, 0.25) is 0 Å². The third-order valence-electron chi connectivity index (χ3n) is 13.2. The number of aliphatic hydroxyl groups excluding tert-OH is 2. The summed E-state index contributed by atoms with van der Waals surface area (Å²) < 4.78 is 5.94. The molecule has 380 valence electrons. The molecule has 3 aliphatic rings. The van der Waals surface area contributed by atoms with Crippen molar-refractivity contribution in [3.8, 4) is 11.5 Å². The van der Waals surface area contributed by atoms with Crippen LogP contribution in [-0.4, -0.2) is 153 Å². The minimum absolute atomic E-state index is 0.0170. The summed E-state index contributed by atoms with van der Waals surface area (Å²) in [6.45, 7) is 5.09. The number of amides is 7. The van der Waals surface area contributed by atoms with E-state index < -0.39 is 102 Å². The highest BCUT2D eigenvalue weighted by Gasteiger charge is 2.45. The van der Waals surface area contributed by atoms with E-state index in [4.69, 9.17) is 16.2 Å². The second-order valence-electron chi connectivity index (χ2n) is 18.8. The molecule has 3 heterocycles. The minimum Gasteiger partial charge on any atom is -0.508 e. The standard InChI is InChI=1S/C50H69N9O11/c1-4-5-6-7-21-70-37-18-15-31-22-33(14-13-32(31)23-37)44(63)54-38-9-8-20-53-47(66)40-24-34(51)26-58(40)49(68)42(28(2)60)57-46(65)39(19-12-30-10-16-36(62)17-11-30)55-48(67)41-25-35(52)27-59(41)50(69)43(29(3)61)56-45(38)64/h10-11,13-18,22-23,28-29,34-35,38-43,60-62H,4-9,12,19-21,24-27,51-52H2,1-3H3,(H,53,66)(H,54,63)(H,55,67)(H,56,64)(H,57,65)/t28?,29?,34?,35?,38-,39-,40-,41-,42-,43-/m0/s1. The van der Waals surface area contributed by atoms with Gasteiger partial charge in [-0.05, 0) is 112 Å². The number of nitrogens with two attached hydrogens (primary N) is 2. The molecule has 0 bridgehead atoms. The van der Waals surface area contributed by atoms with E-state index in [1.54, 1.807) is 30.3 Å². The monoisotopic (exact) mass is 972 g/mol. The lowest BCUT2D eigenvalue weighted by Crippen LogP contribution is -2.61. The van der Waals surface area contributed by atoms with Crippen LogP contribution in [-0.2, 0) is 35.2 Å². The third kappa shape index (κ3) is 13.7. The van der Waals surface area contributed by atoms with Crippen molar-refractivity contribution in [2.24, 2.45) is 11.5 Å². The van der Waals surface area contributed by atoms with Gasteiger partial charge in [-0.15, -0.1) is 0 Å². The fourth-order valence-corrected chi connectivity index (χ4v) is 9.19. The smallest absolute Gasteiger partial charge is 0.251 e. The topological polar surface area (TPSA) is 308 Å². The average molecular weight is 972 g/mol. The van der Waals surface area contributed by atoms with E-state index in [-0.39, 0.29) is 69.5 Å². The molecule has 3 saturated heterocycles. The van der Waals surface area contributed by atoms with Crippen molar-refractivity contribution < 1.29 is 53.6 Å². The molecule has 20 nitrogen and oxygen atoms in total. The third-order valence-corrected chi connectivity index (χ3v) is 13.2. The van der Waals surface area contributed by atoms with Crippen molar-refractivity contribution in [2.75, 3.05) is 26.2 Å². The summed E-state index contributed by atoms with van der Waals surface area (Å²) in [6, 6.07) is 7.27. The van der Waals surface area contributed by atoms with E-state index in [1.807, 2.05) is 18.2 Å². The number of ether oxygens (including phenoxy) is 1. The molecule has 3 aromatic rings. The predicted molar refractivity (Wildman–Crippen MR) is 259 cm³/mol. The first-order chi connectivity index (χ1) is 33.4. The molecule has 3 aliphatic heterocycles. The van der Waals surface area contributed by atoms with Gasteiger partial charge in [0.15, 0.2) is 0 Å². The second kappa shape index (κ2) is 24.5. The molecule has 0 spiro atoms. The normalized spacial score (nSPS) is 26.2. The number of carbonyl (C=O) groups excluding carboxylic acids is 7. The van der Waals surface area contributed by atoms with Crippen LogP contribution >= 0.6 is 0 Å². The Labute approximate surface area is 407 Å². The molecule has 0 aromatic heterocycles. The largest absolute Gasteiger partial charge is 0.508 e. The molecule has 12 N–H and O–H groups in total. The Morgan fingerprint density at radius 3 is 1.99 bits per heavy atom. The molecule has 10 atom stereocenters. The van der Waals surface area contributed by atoms with Gasteiger partial charge < -0.3 is 67.9 Å². The van der Waals surface area contributed by atoms with Crippen LogP contribution in [0, 0.1) is 0 Å². The molecule has 4 unspecified atom stereocenters. The summed E-state index contributed by atoms with van der Waals surface area (Å²) in [5.41, 5.74) is 13.5. The highest BCUT2D eigenvalue weighted by Crippen LogP contribution is 2.25. The van der Waals surface area contributed by atoms with Gasteiger partial charge in [0.1, 0.15) is 47.8 Å². The van der Waals surface area contributed by atoms with Crippen molar-refractivity contribution in [3.63, 3.8) is 0 Å². The average Bonchev–Trinajstić information content (AvgIpc) is 3.93. The Morgan fingerprint density at radius 2 is 1.36 bits per heavy atom. The first-order valence-electron chi connectivity index (χ1n) is 24.4. The summed E-state index contributed by atoms with van der Waals surface area (Å²) in [6.07, 6.45) is 1.55. The van der Waals surface area contributed by atoms with Gasteiger partial charge in [0.05, 0.1) is 18.8 Å². The van der Waals surface area contributed by atoms with Crippen molar-refractivity contribution in [3.05, 3.63) is 71.8 Å². The number of phenols is 1. The van der Waals surface area contributed by atoms with Gasteiger partial charge in [-0.2, -0.15) is 0 Å². The zero-order chi connectivity index (χ0) is 50.6. The number of aryl methyl sites for hydroxylation is 1. The van der Waals surface area contributed by atoms with E-state index >= 15 is 0 Å². The first-order valence-corrected chi connectivity index (χ1v) is 24.4. The molecule has 20 heteroatoms. The molecule has 70 heavy (non-hydrogen) atoms. The second-order valence-corrected chi connectivity index (χ2v) is 18.8. The maximum Gasteiger partial charge on any atom is 0.251 e. The molecule has 6 rings (SSSR count). The SMILES string of the molecule is CCCCCCOc1ccc2cc(C(=O)N[C@H]3CCCNC(=O)[C@@H]4CC(N)CN4C(=O)[C@H](C(C)O)NC(=O)[C@H](CCc4ccc(O)cc4)NC(=O)[C@@H]4CC(N)CN4C(=O)[C@H](C(C)O)NC3=O)ccc2c1. The molecule has 3 aromatic carbocycles. The van der Waals surface area contributed by atoms with Crippen LogP contribution in [0.4, 0.5) is 0 Å². The Balaban J connectivity index is 1.28. The molecule has 3 fully saturated rings.